The lowest BCUT2D eigenvalue weighted by Gasteiger charge is -2.12. The van der Waals surface area contributed by atoms with E-state index in [-0.39, 0.29) is 0 Å². The summed E-state index contributed by atoms with van der Waals surface area (Å²) in [6, 6.07) is 10.9. The van der Waals surface area contributed by atoms with Crippen LogP contribution in [0.15, 0.2) is 36.5 Å². The van der Waals surface area contributed by atoms with E-state index in [4.69, 9.17) is 9.97 Å². The maximum atomic E-state index is 4.90. The number of nitrogens with zero attached hydrogens (tertiary/aromatic N) is 3. The summed E-state index contributed by atoms with van der Waals surface area (Å²) in [5.74, 6) is 0.711. The lowest BCUT2D eigenvalue weighted by Crippen LogP contribution is -2.17. The molecule has 152 valence electrons. The molecule has 0 bridgehead atoms. The fraction of sp³-hybridized carbons (Fsp3) is 0.409. The molecule has 0 spiro atoms. The maximum absolute atomic E-state index is 4.90. The highest BCUT2D eigenvalue weighted by Crippen LogP contribution is 2.38. The number of hydrogen-bond donors (Lipinski definition) is 3. The van der Waals surface area contributed by atoms with Gasteiger partial charge in [-0.05, 0) is 38.9 Å². The van der Waals surface area contributed by atoms with Crippen LogP contribution >= 0.6 is 11.3 Å². The molecule has 0 saturated heterocycles. The van der Waals surface area contributed by atoms with Crippen molar-refractivity contribution < 1.29 is 0 Å². The highest BCUT2D eigenvalue weighted by atomic mass is 32.1. The van der Waals surface area contributed by atoms with Crippen LogP contribution in [-0.4, -0.2) is 41.1 Å². The van der Waals surface area contributed by atoms with E-state index in [1.54, 1.807) is 11.3 Å². The summed E-state index contributed by atoms with van der Waals surface area (Å²) in [7, 11) is 1.95. The molecule has 1 aliphatic carbocycles. The van der Waals surface area contributed by atoms with Gasteiger partial charge in [0.1, 0.15) is 0 Å². The zero-order valence-corrected chi connectivity index (χ0v) is 17.9. The normalized spacial score (nSPS) is 14.3. The Bertz CT molecular complexity index is 948. The molecular formula is C22H28N6S. The van der Waals surface area contributed by atoms with Gasteiger partial charge >= 0.3 is 0 Å². The summed E-state index contributed by atoms with van der Waals surface area (Å²) in [5, 5.41) is 11.0. The third-order valence-electron chi connectivity index (χ3n) is 5.15. The summed E-state index contributed by atoms with van der Waals surface area (Å²) in [6.45, 7) is 3.82. The van der Waals surface area contributed by atoms with E-state index >= 15 is 0 Å². The van der Waals surface area contributed by atoms with Crippen molar-refractivity contribution in [1.82, 2.24) is 20.3 Å². The van der Waals surface area contributed by atoms with Gasteiger partial charge in [-0.3, -0.25) is 0 Å². The molecule has 2 heterocycles. The van der Waals surface area contributed by atoms with Crippen molar-refractivity contribution in [2.45, 2.75) is 38.6 Å². The van der Waals surface area contributed by atoms with E-state index in [1.165, 1.54) is 31.2 Å². The minimum absolute atomic E-state index is 0.488. The Morgan fingerprint density at radius 1 is 1.10 bits per heavy atom. The van der Waals surface area contributed by atoms with Crippen LogP contribution in [0.3, 0.4) is 0 Å². The zero-order valence-electron chi connectivity index (χ0n) is 17.0. The van der Waals surface area contributed by atoms with Gasteiger partial charge in [-0.2, -0.15) is 0 Å². The summed E-state index contributed by atoms with van der Waals surface area (Å²) >= 11 is 1.65. The molecule has 29 heavy (non-hydrogen) atoms. The molecule has 3 aromatic rings. The van der Waals surface area contributed by atoms with Crippen LogP contribution in [-0.2, 0) is 0 Å². The third kappa shape index (κ3) is 4.92. The van der Waals surface area contributed by atoms with Gasteiger partial charge in [-0.15, -0.1) is 0 Å². The number of thiazole rings is 1. The van der Waals surface area contributed by atoms with Gasteiger partial charge in [0.05, 0.1) is 16.3 Å². The van der Waals surface area contributed by atoms with Crippen LogP contribution in [0.2, 0.25) is 0 Å². The number of hydrogen-bond acceptors (Lipinski definition) is 7. The van der Waals surface area contributed by atoms with Crippen molar-refractivity contribution in [3.8, 4) is 21.8 Å². The fourth-order valence-electron chi connectivity index (χ4n) is 3.66. The average molecular weight is 409 g/mol. The molecule has 7 heteroatoms. The Hall–Kier alpha value is -2.51. The first-order valence-corrected chi connectivity index (χ1v) is 11.1. The van der Waals surface area contributed by atoms with E-state index in [1.807, 2.05) is 19.3 Å². The van der Waals surface area contributed by atoms with Crippen LogP contribution in [0.25, 0.3) is 21.8 Å². The van der Waals surface area contributed by atoms with Crippen molar-refractivity contribution in [3.63, 3.8) is 0 Å². The lowest BCUT2D eigenvalue weighted by atomic mass is 10.1. The molecule has 2 aromatic heterocycles. The van der Waals surface area contributed by atoms with Crippen molar-refractivity contribution in [2.75, 3.05) is 30.8 Å². The maximum Gasteiger partial charge on any atom is 0.223 e. The van der Waals surface area contributed by atoms with Crippen molar-refractivity contribution in [1.29, 1.82) is 0 Å². The van der Waals surface area contributed by atoms with E-state index in [2.05, 4.69) is 52.1 Å². The Labute approximate surface area is 176 Å². The van der Waals surface area contributed by atoms with Crippen LogP contribution in [0.1, 0.15) is 31.2 Å². The quantitative estimate of drug-likeness (QED) is 0.475. The highest BCUT2D eigenvalue weighted by Gasteiger charge is 2.19. The monoisotopic (exact) mass is 408 g/mol. The van der Waals surface area contributed by atoms with E-state index in [0.29, 0.717) is 12.0 Å². The van der Waals surface area contributed by atoms with E-state index in [0.717, 1.165) is 40.0 Å². The molecule has 0 atom stereocenters. The van der Waals surface area contributed by atoms with Gasteiger partial charge in [0.15, 0.2) is 5.13 Å². The second-order valence-electron chi connectivity index (χ2n) is 7.49. The van der Waals surface area contributed by atoms with Gasteiger partial charge in [-0.25, -0.2) is 15.0 Å². The number of aryl methyl sites for hydroxylation is 1. The number of likely N-dealkylation sites (N-methyl/N-ethyl adjacent to an activating group) is 1. The second-order valence-corrected chi connectivity index (χ2v) is 8.49. The molecule has 0 radical (unpaired) electrons. The van der Waals surface area contributed by atoms with Crippen molar-refractivity contribution in [3.05, 3.63) is 42.1 Å². The first-order chi connectivity index (χ1) is 14.2. The minimum Gasteiger partial charge on any atom is -0.360 e. The number of anilines is 2. The molecule has 1 saturated carbocycles. The summed E-state index contributed by atoms with van der Waals surface area (Å²) in [5.41, 5.74) is 4.21. The zero-order chi connectivity index (χ0) is 20.1. The SMILES string of the molecule is CNCCNc1nc(-c2cccc(C)c2)c(-c2ccnc(NC3CCCC3)n2)s1. The molecule has 1 fully saturated rings. The molecule has 3 N–H and O–H groups in total. The van der Waals surface area contributed by atoms with E-state index < -0.39 is 0 Å². The van der Waals surface area contributed by atoms with Crippen LogP contribution in [0.5, 0.6) is 0 Å². The summed E-state index contributed by atoms with van der Waals surface area (Å²) in [4.78, 5) is 15.3. The minimum atomic E-state index is 0.488. The smallest absolute Gasteiger partial charge is 0.223 e. The van der Waals surface area contributed by atoms with Gasteiger partial charge in [-0.1, -0.05) is 47.9 Å². The standard InChI is InChI=1S/C22H28N6S/c1-15-6-5-7-16(14-15)19-20(29-22(28-19)25-13-12-23-2)18-10-11-24-21(27-18)26-17-8-3-4-9-17/h5-7,10-11,14,17,23H,3-4,8-9,12-13H2,1-2H3,(H,25,28)(H,24,26,27). The molecule has 0 aliphatic heterocycles. The largest absolute Gasteiger partial charge is 0.360 e. The number of nitrogens with one attached hydrogen (secondary N) is 3. The number of rotatable bonds is 8. The highest BCUT2D eigenvalue weighted by molar-refractivity contribution is 7.19. The predicted octanol–water partition coefficient (Wildman–Crippen LogP) is 4.56. The van der Waals surface area contributed by atoms with Gasteiger partial charge in [0, 0.05) is 30.9 Å². The van der Waals surface area contributed by atoms with Gasteiger partial charge in [0.2, 0.25) is 5.95 Å². The Morgan fingerprint density at radius 3 is 2.76 bits per heavy atom. The lowest BCUT2D eigenvalue weighted by molar-refractivity contribution is 0.744. The molecule has 1 aliphatic rings. The third-order valence-corrected chi connectivity index (χ3v) is 6.18. The Kier molecular flexibility index (Phi) is 6.36. The van der Waals surface area contributed by atoms with Gasteiger partial charge in [0.25, 0.3) is 0 Å². The van der Waals surface area contributed by atoms with Crippen molar-refractivity contribution >= 4 is 22.4 Å². The predicted molar refractivity (Wildman–Crippen MR) is 122 cm³/mol. The first kappa shape index (κ1) is 19.8. The van der Waals surface area contributed by atoms with Crippen molar-refractivity contribution in [2.24, 2.45) is 0 Å². The number of aromatic nitrogens is 3. The Balaban J connectivity index is 1.67. The van der Waals surface area contributed by atoms with Crippen LogP contribution < -0.4 is 16.0 Å². The van der Waals surface area contributed by atoms with Crippen LogP contribution in [0.4, 0.5) is 11.1 Å². The Morgan fingerprint density at radius 2 is 1.97 bits per heavy atom. The topological polar surface area (TPSA) is 74.8 Å². The second kappa shape index (κ2) is 9.33. The molecule has 0 unspecified atom stereocenters. The van der Waals surface area contributed by atoms with Crippen LogP contribution in [0, 0.1) is 6.92 Å². The van der Waals surface area contributed by atoms with E-state index in [9.17, 15) is 0 Å². The molecular weight excluding hydrogens is 380 g/mol. The fourth-order valence-corrected chi connectivity index (χ4v) is 4.64. The first-order valence-electron chi connectivity index (χ1n) is 10.3. The molecule has 0 amide bonds. The molecule has 6 nitrogen and oxygen atoms in total. The molecule has 4 rings (SSSR count). The average Bonchev–Trinajstić information content (AvgIpc) is 3.38. The summed E-state index contributed by atoms with van der Waals surface area (Å²) < 4.78 is 0. The number of benzene rings is 1. The van der Waals surface area contributed by atoms with Gasteiger partial charge < -0.3 is 16.0 Å². The molecule has 1 aromatic carbocycles. The summed E-state index contributed by atoms with van der Waals surface area (Å²) in [6.07, 6.45) is 6.80.